The van der Waals surface area contributed by atoms with E-state index in [-0.39, 0.29) is 5.91 Å². The predicted molar refractivity (Wildman–Crippen MR) is 118 cm³/mol. The first-order valence-corrected chi connectivity index (χ1v) is 10.8. The third kappa shape index (κ3) is 5.67. The minimum Gasteiger partial charge on any atom is -0.494 e. The van der Waals surface area contributed by atoms with Crippen LogP contribution < -0.4 is 10.1 Å². The maximum absolute atomic E-state index is 12.4. The zero-order valence-electron chi connectivity index (χ0n) is 17.2. The van der Waals surface area contributed by atoms with Crippen molar-refractivity contribution in [2.24, 2.45) is 0 Å². The topological polar surface area (TPSA) is 51.5 Å². The Kier molecular flexibility index (Phi) is 7.42. The van der Waals surface area contributed by atoms with Gasteiger partial charge in [0.1, 0.15) is 11.5 Å². The summed E-state index contributed by atoms with van der Waals surface area (Å²) in [6, 6.07) is 17.8. The van der Waals surface area contributed by atoms with Crippen molar-refractivity contribution < 1.29 is 13.9 Å². The molecule has 0 aliphatic heterocycles. The number of ether oxygens (including phenoxy) is 1. The summed E-state index contributed by atoms with van der Waals surface area (Å²) < 4.78 is 11.4. The molecule has 5 heteroatoms. The van der Waals surface area contributed by atoms with Crippen molar-refractivity contribution >= 4 is 17.7 Å². The fraction of sp³-hybridized carbons (Fsp3) is 0.292. The Morgan fingerprint density at radius 1 is 1.03 bits per heavy atom. The third-order valence-electron chi connectivity index (χ3n) is 4.61. The van der Waals surface area contributed by atoms with E-state index < -0.39 is 0 Å². The second-order valence-corrected chi connectivity index (χ2v) is 7.81. The molecule has 0 spiro atoms. The van der Waals surface area contributed by atoms with Gasteiger partial charge in [0.15, 0.2) is 5.76 Å². The number of rotatable bonds is 9. The molecule has 2 aromatic carbocycles. The zero-order chi connectivity index (χ0) is 20.6. The van der Waals surface area contributed by atoms with E-state index in [0.29, 0.717) is 31.1 Å². The van der Waals surface area contributed by atoms with Crippen LogP contribution in [-0.2, 0) is 12.2 Å². The number of benzene rings is 2. The highest BCUT2D eigenvalue weighted by atomic mass is 32.2. The lowest BCUT2D eigenvalue weighted by atomic mass is 10.1. The second kappa shape index (κ2) is 10.2. The smallest absolute Gasteiger partial charge is 0.287 e. The minimum absolute atomic E-state index is 0.192. The van der Waals surface area contributed by atoms with Crippen LogP contribution in [0.25, 0.3) is 0 Å². The third-order valence-corrected chi connectivity index (χ3v) is 5.97. The van der Waals surface area contributed by atoms with E-state index in [2.05, 4.69) is 37.4 Å². The number of aryl methyl sites for hydroxylation is 2. The molecular formula is C24H27NO3S. The molecule has 3 aromatic rings. The van der Waals surface area contributed by atoms with Crippen molar-refractivity contribution in [1.29, 1.82) is 0 Å². The summed E-state index contributed by atoms with van der Waals surface area (Å²) in [6.07, 6.45) is 0.706. The molecule has 1 amide bonds. The van der Waals surface area contributed by atoms with Crippen LogP contribution in [0, 0.1) is 13.8 Å². The highest BCUT2D eigenvalue weighted by Gasteiger charge is 2.12. The molecule has 1 heterocycles. The summed E-state index contributed by atoms with van der Waals surface area (Å²) in [5.41, 5.74) is 3.60. The molecule has 0 unspecified atom stereocenters. The Balaban J connectivity index is 1.52. The van der Waals surface area contributed by atoms with E-state index in [1.807, 2.05) is 37.3 Å². The summed E-state index contributed by atoms with van der Waals surface area (Å²) in [7, 11) is 0. The fourth-order valence-electron chi connectivity index (χ4n) is 3.15. The molecule has 0 fully saturated rings. The first-order valence-electron chi connectivity index (χ1n) is 9.85. The number of thioether (sulfide) groups is 1. The predicted octanol–water partition coefficient (Wildman–Crippen LogP) is 5.56. The molecule has 4 nitrogen and oxygen atoms in total. The molecule has 0 radical (unpaired) electrons. The molecule has 0 aliphatic rings. The van der Waals surface area contributed by atoms with Crippen molar-refractivity contribution in [3.8, 4) is 5.75 Å². The van der Waals surface area contributed by atoms with E-state index in [1.165, 1.54) is 16.0 Å². The highest BCUT2D eigenvalue weighted by molar-refractivity contribution is 7.98. The Labute approximate surface area is 176 Å². The molecular weight excluding hydrogens is 382 g/mol. The van der Waals surface area contributed by atoms with Gasteiger partial charge in [0.25, 0.3) is 5.91 Å². The summed E-state index contributed by atoms with van der Waals surface area (Å²) in [6.45, 7) is 7.33. The van der Waals surface area contributed by atoms with Gasteiger partial charge in [-0.1, -0.05) is 36.4 Å². The van der Waals surface area contributed by atoms with Crippen LogP contribution in [0.4, 0.5) is 0 Å². The van der Waals surface area contributed by atoms with Crippen LogP contribution in [0.1, 0.15) is 39.9 Å². The summed E-state index contributed by atoms with van der Waals surface area (Å²) >= 11 is 1.73. The number of para-hydroxylation sites is 1. The molecule has 29 heavy (non-hydrogen) atoms. The van der Waals surface area contributed by atoms with E-state index in [0.717, 1.165) is 17.1 Å². The average Bonchev–Trinajstić information content (AvgIpc) is 3.18. The van der Waals surface area contributed by atoms with E-state index >= 15 is 0 Å². The molecule has 3 rings (SSSR count). The van der Waals surface area contributed by atoms with Gasteiger partial charge in [-0.15, -0.1) is 11.8 Å². The van der Waals surface area contributed by atoms with Gasteiger partial charge in [-0.05, 0) is 62.1 Å². The van der Waals surface area contributed by atoms with Gasteiger partial charge >= 0.3 is 0 Å². The zero-order valence-corrected chi connectivity index (χ0v) is 18.0. The normalized spacial score (nSPS) is 10.7. The number of hydrogen-bond acceptors (Lipinski definition) is 4. The first-order chi connectivity index (χ1) is 14.1. The van der Waals surface area contributed by atoms with Crippen LogP contribution in [0.3, 0.4) is 0 Å². The van der Waals surface area contributed by atoms with Crippen molar-refractivity contribution in [3.05, 3.63) is 82.8 Å². The Hall–Kier alpha value is -2.66. The van der Waals surface area contributed by atoms with Crippen molar-refractivity contribution in [1.82, 2.24) is 5.32 Å². The summed E-state index contributed by atoms with van der Waals surface area (Å²) in [5.74, 6) is 2.51. The first kappa shape index (κ1) is 21.1. The van der Waals surface area contributed by atoms with E-state index in [9.17, 15) is 4.79 Å². The van der Waals surface area contributed by atoms with Crippen LogP contribution >= 0.6 is 11.8 Å². The molecule has 1 N–H and O–H groups in total. The standard InChI is InChI=1S/C24H27NO3S/c1-4-27-21-11-6-5-10-19(21)14-15-25-24(26)22-13-12-20(28-22)16-29-23-17(2)8-7-9-18(23)3/h5-13H,4,14-16H2,1-3H3,(H,25,26). The van der Waals surface area contributed by atoms with Crippen molar-refractivity contribution in [3.63, 3.8) is 0 Å². The van der Waals surface area contributed by atoms with Gasteiger partial charge in [-0.2, -0.15) is 0 Å². The van der Waals surface area contributed by atoms with Crippen molar-refractivity contribution in [2.75, 3.05) is 13.2 Å². The largest absolute Gasteiger partial charge is 0.494 e. The molecule has 152 valence electrons. The molecule has 1 aromatic heterocycles. The molecule has 0 bridgehead atoms. The number of furan rings is 1. The number of nitrogens with one attached hydrogen (secondary N) is 1. The molecule has 0 atom stereocenters. The minimum atomic E-state index is -0.192. The monoisotopic (exact) mass is 409 g/mol. The molecule has 0 saturated heterocycles. The maximum Gasteiger partial charge on any atom is 0.287 e. The van der Waals surface area contributed by atoms with Gasteiger partial charge < -0.3 is 14.5 Å². The Morgan fingerprint density at radius 2 is 1.79 bits per heavy atom. The van der Waals surface area contributed by atoms with Gasteiger partial charge in [0.2, 0.25) is 0 Å². The Bertz CT molecular complexity index is 944. The van der Waals surface area contributed by atoms with Gasteiger partial charge in [0, 0.05) is 11.4 Å². The average molecular weight is 410 g/mol. The lowest BCUT2D eigenvalue weighted by Crippen LogP contribution is -2.25. The van der Waals surface area contributed by atoms with Gasteiger partial charge in [-0.3, -0.25) is 4.79 Å². The lowest BCUT2D eigenvalue weighted by molar-refractivity contribution is 0.0925. The number of amides is 1. The maximum atomic E-state index is 12.4. The summed E-state index contributed by atoms with van der Waals surface area (Å²) in [4.78, 5) is 13.7. The van der Waals surface area contributed by atoms with Gasteiger partial charge in [0.05, 0.1) is 12.4 Å². The van der Waals surface area contributed by atoms with Crippen LogP contribution in [-0.4, -0.2) is 19.1 Å². The number of hydrogen-bond donors (Lipinski definition) is 1. The van der Waals surface area contributed by atoms with Crippen LogP contribution in [0.5, 0.6) is 5.75 Å². The highest BCUT2D eigenvalue weighted by Crippen LogP contribution is 2.29. The number of carbonyl (C=O) groups excluding carboxylic acids is 1. The summed E-state index contributed by atoms with van der Waals surface area (Å²) in [5, 5.41) is 2.93. The quantitative estimate of drug-likeness (QED) is 0.470. The molecule has 0 aliphatic carbocycles. The van der Waals surface area contributed by atoms with Crippen LogP contribution in [0.15, 0.2) is 63.9 Å². The van der Waals surface area contributed by atoms with E-state index in [1.54, 1.807) is 17.8 Å². The Morgan fingerprint density at radius 3 is 2.55 bits per heavy atom. The van der Waals surface area contributed by atoms with Crippen molar-refractivity contribution in [2.45, 2.75) is 37.8 Å². The van der Waals surface area contributed by atoms with E-state index in [4.69, 9.17) is 9.15 Å². The van der Waals surface area contributed by atoms with Crippen LogP contribution in [0.2, 0.25) is 0 Å². The second-order valence-electron chi connectivity index (χ2n) is 6.82. The number of carbonyl (C=O) groups is 1. The SMILES string of the molecule is CCOc1ccccc1CCNC(=O)c1ccc(CSc2c(C)cccc2C)o1. The van der Waals surface area contributed by atoms with Gasteiger partial charge in [-0.25, -0.2) is 0 Å². The lowest BCUT2D eigenvalue weighted by Gasteiger charge is -2.10. The molecule has 0 saturated carbocycles. The fourth-order valence-corrected chi connectivity index (χ4v) is 4.19.